The quantitative estimate of drug-likeness (QED) is 0.870. The third kappa shape index (κ3) is 3.20. The zero-order chi connectivity index (χ0) is 18.3. The summed E-state index contributed by atoms with van der Waals surface area (Å²) in [6.07, 6.45) is 7.55. The Hall–Kier alpha value is -2.02. The lowest BCUT2D eigenvalue weighted by atomic mass is 9.48. The van der Waals surface area contributed by atoms with Gasteiger partial charge in [0.2, 0.25) is 0 Å². The maximum Gasteiger partial charge on any atom is 0.261 e. The molecule has 0 aliphatic heterocycles. The maximum absolute atomic E-state index is 12.7. The molecule has 4 saturated carbocycles. The summed E-state index contributed by atoms with van der Waals surface area (Å²) in [6, 6.07) is 9.18. The summed E-state index contributed by atoms with van der Waals surface area (Å²) in [5.41, 5.74) is 0.892. The van der Waals surface area contributed by atoms with Gasteiger partial charge < -0.3 is 10.1 Å². The first-order valence-electron chi connectivity index (χ1n) is 9.94. The second-order valence-electron chi connectivity index (χ2n) is 8.91. The van der Waals surface area contributed by atoms with Crippen LogP contribution in [0, 0.1) is 34.5 Å². The number of nitriles is 1. The maximum atomic E-state index is 12.7. The molecule has 5 rings (SSSR count). The molecule has 1 N–H and O–H groups in total. The number of nitrogens with zero attached hydrogens (tertiary/aromatic N) is 1. The van der Waals surface area contributed by atoms with E-state index in [1.807, 2.05) is 0 Å². The predicted molar refractivity (Wildman–Crippen MR) is 99.5 cm³/mol. The summed E-state index contributed by atoms with van der Waals surface area (Å²) in [4.78, 5) is 12.7. The Morgan fingerprint density at radius 3 is 2.15 bits per heavy atom. The molecule has 0 heterocycles. The topological polar surface area (TPSA) is 62.1 Å². The summed E-state index contributed by atoms with van der Waals surface area (Å²) >= 11 is 0. The Bertz CT molecular complexity index is 683. The van der Waals surface area contributed by atoms with Crippen molar-refractivity contribution in [3.63, 3.8) is 0 Å². The first kappa shape index (κ1) is 17.4. The van der Waals surface area contributed by atoms with Crippen molar-refractivity contribution in [3.05, 3.63) is 29.8 Å². The van der Waals surface area contributed by atoms with Gasteiger partial charge >= 0.3 is 0 Å². The van der Waals surface area contributed by atoms with E-state index >= 15 is 0 Å². The Morgan fingerprint density at radius 2 is 1.65 bits per heavy atom. The van der Waals surface area contributed by atoms with Gasteiger partial charge in [-0.15, -0.1) is 0 Å². The van der Waals surface area contributed by atoms with Gasteiger partial charge in [0, 0.05) is 6.04 Å². The van der Waals surface area contributed by atoms with Crippen LogP contribution in [0.2, 0.25) is 0 Å². The van der Waals surface area contributed by atoms with Gasteiger partial charge in [0.15, 0.2) is 6.10 Å². The largest absolute Gasteiger partial charge is 0.481 e. The third-order valence-electron chi connectivity index (χ3n) is 7.03. The predicted octanol–water partition coefficient (Wildman–Crippen LogP) is 4.05. The lowest BCUT2D eigenvalue weighted by Crippen LogP contribution is -2.57. The smallest absolute Gasteiger partial charge is 0.261 e. The standard InChI is InChI=1S/C22H28N2O2/c1-14(26-20-5-3-16(13-23)4-6-20)21(25)24-15(2)22-10-17-7-18(11-22)9-19(8-17)12-22/h3-6,14-15,17-19H,7-12H2,1-2H3,(H,24,25)/t14-,15-,17?,18?,19?,22?/m1/s1. The van der Waals surface area contributed by atoms with Crippen molar-refractivity contribution in [3.8, 4) is 11.8 Å². The Balaban J connectivity index is 1.37. The fraction of sp³-hybridized carbons (Fsp3) is 0.636. The number of benzene rings is 1. The summed E-state index contributed by atoms with van der Waals surface area (Å²) < 4.78 is 5.77. The molecule has 1 aromatic rings. The molecule has 26 heavy (non-hydrogen) atoms. The fourth-order valence-corrected chi connectivity index (χ4v) is 6.06. The number of carbonyl (C=O) groups is 1. The van der Waals surface area contributed by atoms with Crippen LogP contribution < -0.4 is 10.1 Å². The number of hydrogen-bond donors (Lipinski definition) is 1. The molecule has 4 heteroatoms. The summed E-state index contributed by atoms with van der Waals surface area (Å²) in [6.45, 7) is 3.99. The van der Waals surface area contributed by atoms with E-state index in [1.54, 1.807) is 31.2 Å². The highest BCUT2D eigenvalue weighted by atomic mass is 16.5. The molecule has 1 amide bonds. The lowest BCUT2D eigenvalue weighted by molar-refractivity contribution is -0.131. The molecule has 4 bridgehead atoms. The number of amides is 1. The minimum Gasteiger partial charge on any atom is -0.481 e. The van der Waals surface area contributed by atoms with E-state index in [1.165, 1.54) is 38.5 Å². The van der Waals surface area contributed by atoms with Crippen molar-refractivity contribution in [1.29, 1.82) is 5.26 Å². The van der Waals surface area contributed by atoms with E-state index in [0.717, 1.165) is 17.8 Å². The van der Waals surface area contributed by atoms with Gasteiger partial charge in [0.25, 0.3) is 5.91 Å². The molecule has 138 valence electrons. The van der Waals surface area contributed by atoms with Crippen LogP contribution in [-0.2, 0) is 4.79 Å². The molecule has 4 nitrogen and oxygen atoms in total. The van der Waals surface area contributed by atoms with Crippen LogP contribution in [0.15, 0.2) is 24.3 Å². The van der Waals surface area contributed by atoms with Gasteiger partial charge in [-0.2, -0.15) is 5.26 Å². The van der Waals surface area contributed by atoms with Gasteiger partial charge in [-0.3, -0.25) is 4.79 Å². The number of hydrogen-bond acceptors (Lipinski definition) is 3. The van der Waals surface area contributed by atoms with E-state index in [9.17, 15) is 4.79 Å². The molecular weight excluding hydrogens is 324 g/mol. The molecular formula is C22H28N2O2. The Morgan fingerprint density at radius 1 is 1.12 bits per heavy atom. The van der Waals surface area contributed by atoms with E-state index in [-0.39, 0.29) is 11.9 Å². The van der Waals surface area contributed by atoms with E-state index < -0.39 is 6.10 Å². The van der Waals surface area contributed by atoms with Crippen LogP contribution in [0.1, 0.15) is 57.9 Å². The van der Waals surface area contributed by atoms with Gasteiger partial charge in [0.1, 0.15) is 5.75 Å². The minimum absolute atomic E-state index is 0.0439. The molecule has 0 spiro atoms. The average molecular weight is 352 g/mol. The first-order chi connectivity index (χ1) is 12.5. The van der Waals surface area contributed by atoms with Crippen molar-refractivity contribution < 1.29 is 9.53 Å². The van der Waals surface area contributed by atoms with Crippen molar-refractivity contribution in [2.24, 2.45) is 23.2 Å². The molecule has 4 fully saturated rings. The van der Waals surface area contributed by atoms with Crippen LogP contribution in [-0.4, -0.2) is 18.1 Å². The zero-order valence-electron chi connectivity index (χ0n) is 15.7. The van der Waals surface area contributed by atoms with Crippen molar-refractivity contribution in [1.82, 2.24) is 5.32 Å². The SMILES string of the molecule is C[C@@H](Oc1ccc(C#N)cc1)C(=O)N[C@H](C)C12CC3CC(CC(C3)C1)C2. The van der Waals surface area contributed by atoms with Gasteiger partial charge in [0.05, 0.1) is 11.6 Å². The van der Waals surface area contributed by atoms with E-state index in [4.69, 9.17) is 10.00 Å². The average Bonchev–Trinajstić information content (AvgIpc) is 2.61. The molecule has 1 aromatic carbocycles. The fourth-order valence-electron chi connectivity index (χ4n) is 6.06. The van der Waals surface area contributed by atoms with Gasteiger partial charge in [-0.1, -0.05) is 0 Å². The minimum atomic E-state index is -0.542. The van der Waals surface area contributed by atoms with Crippen molar-refractivity contribution in [2.45, 2.75) is 64.5 Å². The second-order valence-corrected chi connectivity index (χ2v) is 8.91. The van der Waals surface area contributed by atoms with Gasteiger partial charge in [-0.25, -0.2) is 0 Å². The molecule has 0 aromatic heterocycles. The van der Waals surface area contributed by atoms with Crippen LogP contribution >= 0.6 is 0 Å². The van der Waals surface area contributed by atoms with E-state index in [2.05, 4.69) is 18.3 Å². The number of carbonyl (C=O) groups excluding carboxylic acids is 1. The monoisotopic (exact) mass is 352 g/mol. The Labute approximate surface area is 155 Å². The number of nitrogens with one attached hydrogen (secondary N) is 1. The molecule has 0 unspecified atom stereocenters. The highest BCUT2D eigenvalue weighted by Crippen LogP contribution is 2.61. The summed E-state index contributed by atoms with van der Waals surface area (Å²) in [5.74, 6) is 3.22. The van der Waals surface area contributed by atoms with Crippen LogP contribution in [0.25, 0.3) is 0 Å². The van der Waals surface area contributed by atoms with Crippen molar-refractivity contribution in [2.75, 3.05) is 0 Å². The van der Waals surface area contributed by atoms with Crippen LogP contribution in [0.4, 0.5) is 0 Å². The van der Waals surface area contributed by atoms with Gasteiger partial charge in [-0.05, 0) is 99.8 Å². The summed E-state index contributed by atoms with van der Waals surface area (Å²) in [7, 11) is 0. The number of rotatable bonds is 5. The second kappa shape index (κ2) is 6.61. The number of ether oxygens (including phenoxy) is 1. The highest BCUT2D eigenvalue weighted by molar-refractivity contribution is 5.81. The Kier molecular flexibility index (Phi) is 4.42. The third-order valence-corrected chi connectivity index (χ3v) is 7.03. The highest BCUT2D eigenvalue weighted by Gasteiger charge is 2.53. The van der Waals surface area contributed by atoms with Crippen LogP contribution in [0.5, 0.6) is 5.75 Å². The van der Waals surface area contributed by atoms with Crippen molar-refractivity contribution >= 4 is 5.91 Å². The molecule has 4 aliphatic rings. The van der Waals surface area contributed by atoms with Crippen LogP contribution in [0.3, 0.4) is 0 Å². The zero-order valence-corrected chi connectivity index (χ0v) is 15.7. The molecule has 2 atom stereocenters. The first-order valence-corrected chi connectivity index (χ1v) is 9.94. The lowest BCUT2D eigenvalue weighted by Gasteiger charge is -2.59. The summed E-state index contributed by atoms with van der Waals surface area (Å²) in [5, 5.41) is 12.1. The molecule has 0 saturated heterocycles. The molecule has 0 radical (unpaired) electrons. The normalized spacial score (nSPS) is 34.0. The van der Waals surface area contributed by atoms with E-state index in [0.29, 0.717) is 16.7 Å². The molecule has 4 aliphatic carbocycles.